The Hall–Kier alpha value is -1.69. The van der Waals surface area contributed by atoms with E-state index in [9.17, 15) is 5.11 Å². The Labute approximate surface area is 163 Å². The van der Waals surface area contributed by atoms with Gasteiger partial charge in [-0.15, -0.1) is 0 Å². The highest BCUT2D eigenvalue weighted by molar-refractivity contribution is 5.25. The Kier molecular flexibility index (Phi) is 7.05. The number of hydrogen-bond donors (Lipinski definition) is 1. The summed E-state index contributed by atoms with van der Waals surface area (Å²) in [5, 5.41) is 14.1. The first-order valence-electron chi connectivity index (χ1n) is 10.3. The Bertz CT molecular complexity index is 727. The van der Waals surface area contributed by atoms with Crippen molar-refractivity contribution in [1.29, 1.82) is 0 Å². The molecule has 1 aliphatic heterocycles. The highest BCUT2D eigenvalue weighted by Crippen LogP contribution is 2.20. The molecule has 148 valence electrons. The van der Waals surface area contributed by atoms with Crippen LogP contribution < -0.4 is 0 Å². The summed E-state index contributed by atoms with van der Waals surface area (Å²) in [4.78, 5) is 5.07. The van der Waals surface area contributed by atoms with Crippen LogP contribution in [-0.4, -0.2) is 57.0 Å². The minimum Gasteiger partial charge on any atom is -0.396 e. The molecular formula is C22H34N4O. The third kappa shape index (κ3) is 4.98. The van der Waals surface area contributed by atoms with Crippen molar-refractivity contribution in [1.82, 2.24) is 19.6 Å². The van der Waals surface area contributed by atoms with Crippen molar-refractivity contribution in [3.8, 4) is 0 Å². The quantitative estimate of drug-likeness (QED) is 0.776. The van der Waals surface area contributed by atoms with Gasteiger partial charge in [-0.3, -0.25) is 14.5 Å². The lowest BCUT2D eigenvalue weighted by atomic mass is 10.0. The number of aliphatic hydroxyl groups is 1. The van der Waals surface area contributed by atoms with E-state index in [1.807, 2.05) is 6.20 Å². The number of piperazine rings is 1. The highest BCUT2D eigenvalue weighted by Gasteiger charge is 2.27. The van der Waals surface area contributed by atoms with Crippen LogP contribution in [0.15, 0.2) is 30.5 Å². The van der Waals surface area contributed by atoms with Gasteiger partial charge in [-0.1, -0.05) is 31.2 Å². The predicted octanol–water partition coefficient (Wildman–Crippen LogP) is 2.98. The van der Waals surface area contributed by atoms with Crippen LogP contribution in [0.5, 0.6) is 0 Å². The van der Waals surface area contributed by atoms with E-state index in [-0.39, 0.29) is 6.61 Å². The number of rotatable bonds is 8. The van der Waals surface area contributed by atoms with Gasteiger partial charge in [-0.05, 0) is 37.8 Å². The van der Waals surface area contributed by atoms with Crippen LogP contribution in [0.1, 0.15) is 42.1 Å². The number of aryl methyl sites for hydroxylation is 2. The molecule has 1 saturated heterocycles. The summed E-state index contributed by atoms with van der Waals surface area (Å²) in [5.41, 5.74) is 5.36. The van der Waals surface area contributed by atoms with Crippen LogP contribution in [0.4, 0.5) is 0 Å². The third-order valence-corrected chi connectivity index (χ3v) is 5.82. The molecule has 27 heavy (non-hydrogen) atoms. The lowest BCUT2D eigenvalue weighted by molar-refractivity contribution is 0.0497. The van der Waals surface area contributed by atoms with E-state index in [4.69, 9.17) is 0 Å². The minimum absolute atomic E-state index is 0.246. The number of aromatic nitrogens is 2. The molecule has 1 N–H and O–H groups in total. The second-order valence-electron chi connectivity index (χ2n) is 7.78. The minimum atomic E-state index is 0.246. The van der Waals surface area contributed by atoms with E-state index in [1.54, 1.807) is 0 Å². The summed E-state index contributed by atoms with van der Waals surface area (Å²) in [6.07, 6.45) is 3.97. The van der Waals surface area contributed by atoms with Crippen LogP contribution in [0.3, 0.4) is 0 Å². The fourth-order valence-corrected chi connectivity index (χ4v) is 4.06. The van der Waals surface area contributed by atoms with E-state index >= 15 is 0 Å². The third-order valence-electron chi connectivity index (χ3n) is 5.82. The molecule has 1 atom stereocenters. The highest BCUT2D eigenvalue weighted by atomic mass is 16.3. The fourth-order valence-electron chi connectivity index (χ4n) is 4.06. The first-order valence-corrected chi connectivity index (χ1v) is 10.3. The molecule has 1 fully saturated rings. The van der Waals surface area contributed by atoms with Crippen molar-refractivity contribution in [3.63, 3.8) is 0 Å². The number of nitrogens with zero attached hydrogens (tertiary/aromatic N) is 4. The zero-order valence-corrected chi connectivity index (χ0v) is 17.1. The monoisotopic (exact) mass is 370 g/mol. The lowest BCUT2D eigenvalue weighted by Gasteiger charge is -2.41. The van der Waals surface area contributed by atoms with Crippen LogP contribution in [0.25, 0.3) is 0 Å². The molecule has 2 aromatic rings. The molecule has 0 aliphatic carbocycles. The molecular weight excluding hydrogens is 336 g/mol. The molecule has 0 bridgehead atoms. The first kappa shape index (κ1) is 20.1. The molecule has 5 heteroatoms. The smallest absolute Gasteiger partial charge is 0.0537 e. The molecule has 3 rings (SSSR count). The van der Waals surface area contributed by atoms with Crippen LogP contribution in [-0.2, 0) is 19.6 Å². The van der Waals surface area contributed by atoms with Crippen LogP contribution in [0, 0.1) is 13.8 Å². The number of aliphatic hydroxyl groups excluding tert-OH is 1. The predicted molar refractivity (Wildman–Crippen MR) is 110 cm³/mol. The van der Waals surface area contributed by atoms with Gasteiger partial charge in [0.15, 0.2) is 0 Å². The Morgan fingerprint density at radius 1 is 1.11 bits per heavy atom. The Morgan fingerprint density at radius 2 is 1.93 bits per heavy atom. The summed E-state index contributed by atoms with van der Waals surface area (Å²) in [6.45, 7) is 12.8. The van der Waals surface area contributed by atoms with Gasteiger partial charge in [-0.2, -0.15) is 5.10 Å². The van der Waals surface area contributed by atoms with Gasteiger partial charge in [-0.25, -0.2) is 0 Å². The van der Waals surface area contributed by atoms with E-state index < -0.39 is 0 Å². The summed E-state index contributed by atoms with van der Waals surface area (Å²) >= 11 is 0. The maximum atomic E-state index is 9.58. The maximum absolute atomic E-state index is 9.58. The molecule has 1 aromatic heterocycles. The van der Waals surface area contributed by atoms with Crippen molar-refractivity contribution in [3.05, 3.63) is 52.8 Å². The van der Waals surface area contributed by atoms with Crippen molar-refractivity contribution in [2.75, 3.05) is 26.2 Å². The van der Waals surface area contributed by atoms with E-state index in [0.29, 0.717) is 6.04 Å². The molecule has 0 spiro atoms. The molecule has 0 amide bonds. The van der Waals surface area contributed by atoms with Crippen molar-refractivity contribution < 1.29 is 5.11 Å². The second kappa shape index (κ2) is 9.49. The van der Waals surface area contributed by atoms with Gasteiger partial charge in [0.25, 0.3) is 0 Å². The van der Waals surface area contributed by atoms with Gasteiger partial charge in [0.1, 0.15) is 0 Å². The standard InChI is InChI=1S/C22H34N4O/c1-4-10-26-19(3)21(14-23-26)15-24-11-12-25(22(17-24)9-13-27)16-20-8-6-5-7-18(20)2/h5-8,14,22,27H,4,9-13,15-17H2,1-3H3/t22-/m0/s1. The summed E-state index contributed by atoms with van der Waals surface area (Å²) in [6, 6.07) is 9.03. The van der Waals surface area contributed by atoms with Crippen molar-refractivity contribution >= 4 is 0 Å². The van der Waals surface area contributed by atoms with Gasteiger partial charge in [0, 0.05) is 63.2 Å². The summed E-state index contributed by atoms with van der Waals surface area (Å²) in [7, 11) is 0. The molecule has 5 nitrogen and oxygen atoms in total. The van der Waals surface area contributed by atoms with Crippen molar-refractivity contribution in [2.24, 2.45) is 0 Å². The van der Waals surface area contributed by atoms with E-state index in [1.165, 1.54) is 22.4 Å². The fraction of sp³-hybridized carbons (Fsp3) is 0.591. The normalized spacial score (nSPS) is 18.9. The lowest BCUT2D eigenvalue weighted by Crippen LogP contribution is -2.52. The number of hydrogen-bond acceptors (Lipinski definition) is 4. The summed E-state index contributed by atoms with van der Waals surface area (Å²) in [5.74, 6) is 0. The Balaban J connectivity index is 1.64. The topological polar surface area (TPSA) is 44.5 Å². The largest absolute Gasteiger partial charge is 0.396 e. The Morgan fingerprint density at radius 3 is 2.67 bits per heavy atom. The van der Waals surface area contributed by atoms with Crippen molar-refractivity contribution in [2.45, 2.75) is 59.3 Å². The van der Waals surface area contributed by atoms with Gasteiger partial charge in [0.2, 0.25) is 0 Å². The zero-order chi connectivity index (χ0) is 19.2. The molecule has 2 heterocycles. The van der Waals surface area contributed by atoms with Gasteiger partial charge < -0.3 is 5.11 Å². The molecule has 1 aliphatic rings. The molecule has 0 radical (unpaired) electrons. The first-order chi connectivity index (χ1) is 13.1. The SMILES string of the molecule is CCCn1ncc(CN2CCN(Cc3ccccc3C)[C@@H](CCO)C2)c1C. The number of benzene rings is 1. The van der Waals surface area contributed by atoms with Crippen LogP contribution >= 0.6 is 0 Å². The average Bonchev–Trinajstić information content (AvgIpc) is 3.00. The summed E-state index contributed by atoms with van der Waals surface area (Å²) < 4.78 is 2.12. The molecule has 0 unspecified atom stereocenters. The van der Waals surface area contributed by atoms with Crippen LogP contribution in [0.2, 0.25) is 0 Å². The molecule has 0 saturated carbocycles. The van der Waals surface area contributed by atoms with E-state index in [0.717, 1.165) is 52.1 Å². The average molecular weight is 371 g/mol. The maximum Gasteiger partial charge on any atom is 0.0537 e. The molecule has 1 aromatic carbocycles. The zero-order valence-electron chi connectivity index (χ0n) is 17.1. The van der Waals surface area contributed by atoms with Gasteiger partial charge in [0.05, 0.1) is 6.20 Å². The van der Waals surface area contributed by atoms with E-state index in [2.05, 4.69) is 64.6 Å². The van der Waals surface area contributed by atoms with Gasteiger partial charge >= 0.3 is 0 Å². The second-order valence-corrected chi connectivity index (χ2v) is 7.78.